The minimum Gasteiger partial charge on any atom is -0.392 e. The first kappa shape index (κ1) is 20.7. The normalized spacial score (nSPS) is 19.6. The molecule has 0 heterocycles. The van der Waals surface area contributed by atoms with Crippen molar-refractivity contribution in [3.05, 3.63) is 11.1 Å². The minimum absolute atomic E-state index is 0.0833. The summed E-state index contributed by atoms with van der Waals surface area (Å²) in [6, 6.07) is 0. The van der Waals surface area contributed by atoms with Gasteiger partial charge in [-0.3, -0.25) is 4.79 Å². The summed E-state index contributed by atoms with van der Waals surface area (Å²) in [7, 11) is 0. The summed E-state index contributed by atoms with van der Waals surface area (Å²) < 4.78 is 0. The molecule has 3 heteroatoms. The van der Waals surface area contributed by atoms with Gasteiger partial charge in [-0.25, -0.2) is 0 Å². The van der Waals surface area contributed by atoms with E-state index in [-0.39, 0.29) is 11.7 Å². The van der Waals surface area contributed by atoms with Gasteiger partial charge in [0.1, 0.15) is 5.78 Å². The number of carbonyl (C=O) groups excluding carboxylic acids is 1. The third kappa shape index (κ3) is 8.91. The Labute approximate surface area is 147 Å². The van der Waals surface area contributed by atoms with Gasteiger partial charge in [0, 0.05) is 11.0 Å². The van der Waals surface area contributed by atoms with Crippen LogP contribution in [0.1, 0.15) is 90.9 Å². The van der Waals surface area contributed by atoms with Gasteiger partial charge in [0.25, 0.3) is 0 Å². The van der Waals surface area contributed by atoms with Crippen LogP contribution in [0.2, 0.25) is 0 Å². The van der Waals surface area contributed by atoms with Gasteiger partial charge >= 0.3 is 0 Å². The summed E-state index contributed by atoms with van der Waals surface area (Å²) >= 11 is 6.27. The van der Waals surface area contributed by atoms with Gasteiger partial charge in [0.05, 0.1) is 6.10 Å². The molecule has 2 atom stereocenters. The number of allylic oxidation sites excluding steroid dienone is 2. The molecule has 0 bridgehead atoms. The summed E-state index contributed by atoms with van der Waals surface area (Å²) in [5, 5.41) is 11.3. The zero-order chi connectivity index (χ0) is 17.1. The molecule has 2 nitrogen and oxygen atoms in total. The van der Waals surface area contributed by atoms with E-state index in [1.807, 2.05) is 6.08 Å². The molecule has 0 aromatic rings. The maximum absolute atomic E-state index is 11.9. The number of aliphatic hydroxyl groups is 1. The number of unbranched alkanes of at least 4 members (excludes halogenated alkanes) is 3. The molecule has 1 fully saturated rings. The van der Waals surface area contributed by atoms with Gasteiger partial charge in [0.15, 0.2) is 0 Å². The molecule has 23 heavy (non-hydrogen) atoms. The van der Waals surface area contributed by atoms with Crippen LogP contribution in [0.5, 0.6) is 0 Å². The highest BCUT2D eigenvalue weighted by Gasteiger charge is 2.26. The Kier molecular flexibility index (Phi) is 10.9. The number of rotatable bonds is 11. The monoisotopic (exact) mass is 342 g/mol. The predicted octanol–water partition coefficient (Wildman–Crippen LogP) is 6.01. The molecule has 1 aliphatic rings. The van der Waals surface area contributed by atoms with Gasteiger partial charge in [0.2, 0.25) is 0 Å². The van der Waals surface area contributed by atoms with E-state index in [0.717, 1.165) is 24.3 Å². The summed E-state index contributed by atoms with van der Waals surface area (Å²) in [4.78, 5) is 11.9. The van der Waals surface area contributed by atoms with E-state index in [9.17, 15) is 9.90 Å². The van der Waals surface area contributed by atoms with Crippen molar-refractivity contribution >= 4 is 17.4 Å². The molecule has 0 radical (unpaired) electrons. The highest BCUT2D eigenvalue weighted by atomic mass is 35.5. The van der Waals surface area contributed by atoms with E-state index < -0.39 is 6.10 Å². The number of ketones is 1. The molecule has 1 saturated carbocycles. The summed E-state index contributed by atoms with van der Waals surface area (Å²) in [5.41, 5.74) is 0. The van der Waals surface area contributed by atoms with E-state index >= 15 is 0 Å². The molecule has 0 amide bonds. The van der Waals surface area contributed by atoms with Crippen molar-refractivity contribution in [3.8, 4) is 0 Å². The quantitative estimate of drug-likeness (QED) is 0.467. The first-order chi connectivity index (χ1) is 11.0. The lowest BCUT2D eigenvalue weighted by atomic mass is 9.81. The lowest BCUT2D eigenvalue weighted by molar-refractivity contribution is -0.124. The molecular weight excluding hydrogens is 308 g/mol. The van der Waals surface area contributed by atoms with Gasteiger partial charge in [-0.15, -0.1) is 0 Å². The fourth-order valence-electron chi connectivity index (χ4n) is 3.60. The number of hydrogen-bond donors (Lipinski definition) is 1. The van der Waals surface area contributed by atoms with Crippen LogP contribution in [0.15, 0.2) is 11.1 Å². The highest BCUT2D eigenvalue weighted by Crippen LogP contribution is 2.30. The van der Waals surface area contributed by atoms with Crippen molar-refractivity contribution in [2.75, 3.05) is 0 Å². The Morgan fingerprint density at radius 1 is 1.22 bits per heavy atom. The van der Waals surface area contributed by atoms with Gasteiger partial charge in [-0.2, -0.15) is 0 Å². The van der Waals surface area contributed by atoms with Crippen molar-refractivity contribution in [2.24, 2.45) is 11.8 Å². The first-order valence-corrected chi connectivity index (χ1v) is 9.95. The molecule has 1 aliphatic carbocycles. The SMILES string of the molecule is CCCCCC/C(Cl)=C\CC(C(C)=O)C(O)CC1CCCCC1. The molecule has 2 unspecified atom stereocenters. The van der Waals surface area contributed by atoms with Crippen molar-refractivity contribution in [2.45, 2.75) is 97.0 Å². The number of carbonyl (C=O) groups is 1. The summed E-state index contributed by atoms with van der Waals surface area (Å²) in [5.74, 6) is 0.385. The van der Waals surface area contributed by atoms with Crippen LogP contribution >= 0.6 is 11.6 Å². The third-order valence-electron chi connectivity index (χ3n) is 5.15. The van der Waals surface area contributed by atoms with E-state index in [1.165, 1.54) is 51.4 Å². The molecule has 0 aromatic carbocycles. The zero-order valence-electron chi connectivity index (χ0n) is 15.0. The predicted molar refractivity (Wildman–Crippen MR) is 98.7 cm³/mol. The van der Waals surface area contributed by atoms with Gasteiger partial charge in [-0.1, -0.05) is 76.0 Å². The molecule has 1 rings (SSSR count). The fourth-order valence-corrected chi connectivity index (χ4v) is 3.82. The maximum Gasteiger partial charge on any atom is 0.135 e. The van der Waals surface area contributed by atoms with Crippen LogP contribution in [0.25, 0.3) is 0 Å². The lowest BCUT2D eigenvalue weighted by Gasteiger charge is -2.27. The van der Waals surface area contributed by atoms with Crippen LogP contribution < -0.4 is 0 Å². The molecule has 134 valence electrons. The smallest absolute Gasteiger partial charge is 0.135 e. The van der Waals surface area contributed by atoms with Crippen LogP contribution in [-0.2, 0) is 4.79 Å². The number of hydrogen-bond acceptors (Lipinski definition) is 2. The van der Waals surface area contributed by atoms with Crippen molar-refractivity contribution in [1.29, 1.82) is 0 Å². The molecule has 0 aromatic heterocycles. The third-order valence-corrected chi connectivity index (χ3v) is 5.49. The summed E-state index contributed by atoms with van der Waals surface area (Å²) in [6.45, 7) is 3.79. The Morgan fingerprint density at radius 2 is 1.91 bits per heavy atom. The Bertz CT molecular complexity index is 359. The number of aliphatic hydroxyl groups excluding tert-OH is 1. The summed E-state index contributed by atoms with van der Waals surface area (Å²) in [6.07, 6.45) is 14.7. The average molecular weight is 343 g/mol. The topological polar surface area (TPSA) is 37.3 Å². The average Bonchev–Trinajstić information content (AvgIpc) is 2.52. The molecule has 0 saturated heterocycles. The second-order valence-corrected chi connectivity index (χ2v) is 7.71. The van der Waals surface area contributed by atoms with E-state index in [4.69, 9.17) is 11.6 Å². The minimum atomic E-state index is -0.517. The molecule has 0 aliphatic heterocycles. The van der Waals surface area contributed by atoms with Crippen LogP contribution in [-0.4, -0.2) is 17.0 Å². The largest absolute Gasteiger partial charge is 0.392 e. The number of Topliss-reactive ketones (excluding diaryl/α,β-unsaturated/α-hetero) is 1. The van der Waals surface area contributed by atoms with E-state index in [1.54, 1.807) is 6.92 Å². The van der Waals surface area contributed by atoms with Crippen LogP contribution in [0.3, 0.4) is 0 Å². The molecular formula is C20H35ClO2. The van der Waals surface area contributed by atoms with Crippen molar-refractivity contribution in [3.63, 3.8) is 0 Å². The standard InChI is InChI=1S/C20H35ClO2/c1-3-4-5-9-12-18(21)13-14-19(16(2)22)20(23)15-17-10-7-6-8-11-17/h13,17,19-20,23H,3-12,14-15H2,1-2H3/b18-13+. The second-order valence-electron chi connectivity index (χ2n) is 7.22. The van der Waals surface area contributed by atoms with Gasteiger partial charge < -0.3 is 5.11 Å². The fraction of sp³-hybridized carbons (Fsp3) is 0.850. The molecule has 0 spiro atoms. The van der Waals surface area contributed by atoms with Crippen molar-refractivity contribution < 1.29 is 9.90 Å². The second kappa shape index (κ2) is 12.1. The Balaban J connectivity index is 2.41. The van der Waals surface area contributed by atoms with E-state index in [0.29, 0.717) is 12.3 Å². The maximum atomic E-state index is 11.9. The van der Waals surface area contributed by atoms with E-state index in [2.05, 4.69) is 6.92 Å². The Morgan fingerprint density at radius 3 is 2.52 bits per heavy atom. The van der Waals surface area contributed by atoms with Crippen LogP contribution in [0.4, 0.5) is 0 Å². The molecule has 1 N–H and O–H groups in total. The first-order valence-electron chi connectivity index (χ1n) is 9.57. The Hall–Kier alpha value is -0.340. The highest BCUT2D eigenvalue weighted by molar-refractivity contribution is 6.29. The zero-order valence-corrected chi connectivity index (χ0v) is 15.8. The van der Waals surface area contributed by atoms with Crippen molar-refractivity contribution in [1.82, 2.24) is 0 Å². The lowest BCUT2D eigenvalue weighted by Crippen LogP contribution is -2.29. The van der Waals surface area contributed by atoms with Crippen LogP contribution in [0, 0.1) is 11.8 Å². The number of halogens is 1. The van der Waals surface area contributed by atoms with Gasteiger partial charge in [-0.05, 0) is 38.5 Å².